The standard InChI is InChI=1S/C10H14O2/c1-9(11)12-10-7-5-3-2-4-6-8-10/h3,5,7H,2,4,6,8H2,1H3. The Morgan fingerprint density at radius 3 is 3.08 bits per heavy atom. The van der Waals surface area contributed by atoms with Crippen LogP contribution in [-0.4, -0.2) is 5.97 Å². The van der Waals surface area contributed by atoms with Crippen molar-refractivity contribution in [3.63, 3.8) is 0 Å². The second-order valence-corrected chi connectivity index (χ2v) is 2.90. The van der Waals surface area contributed by atoms with E-state index in [4.69, 9.17) is 4.74 Å². The maximum absolute atomic E-state index is 10.6. The van der Waals surface area contributed by atoms with Crippen molar-refractivity contribution in [2.45, 2.75) is 32.6 Å². The molecule has 0 atom stereocenters. The molecule has 0 saturated carbocycles. The van der Waals surface area contributed by atoms with Crippen molar-refractivity contribution in [1.82, 2.24) is 0 Å². The fourth-order valence-corrected chi connectivity index (χ4v) is 1.19. The van der Waals surface area contributed by atoms with Crippen LogP contribution in [0.4, 0.5) is 0 Å². The Morgan fingerprint density at radius 1 is 1.50 bits per heavy atom. The molecule has 0 fully saturated rings. The first-order chi connectivity index (χ1) is 5.79. The zero-order valence-corrected chi connectivity index (χ0v) is 7.38. The van der Waals surface area contributed by atoms with E-state index in [2.05, 4.69) is 6.08 Å². The minimum Gasteiger partial charge on any atom is -0.431 e. The van der Waals surface area contributed by atoms with Gasteiger partial charge in [0.1, 0.15) is 5.76 Å². The van der Waals surface area contributed by atoms with Gasteiger partial charge in [0.25, 0.3) is 0 Å². The van der Waals surface area contributed by atoms with Crippen molar-refractivity contribution in [1.29, 1.82) is 0 Å². The molecule has 1 aliphatic carbocycles. The third-order valence-electron chi connectivity index (χ3n) is 1.74. The van der Waals surface area contributed by atoms with Gasteiger partial charge in [0, 0.05) is 13.3 Å². The summed E-state index contributed by atoms with van der Waals surface area (Å²) in [6.45, 7) is 1.43. The molecule has 0 unspecified atom stereocenters. The Bertz CT molecular complexity index is 214. The zero-order valence-electron chi connectivity index (χ0n) is 7.38. The molecule has 0 N–H and O–H groups in total. The van der Waals surface area contributed by atoms with Gasteiger partial charge in [-0.05, 0) is 25.3 Å². The topological polar surface area (TPSA) is 26.3 Å². The van der Waals surface area contributed by atoms with E-state index in [1.54, 1.807) is 0 Å². The van der Waals surface area contributed by atoms with Crippen molar-refractivity contribution >= 4 is 5.97 Å². The fourth-order valence-electron chi connectivity index (χ4n) is 1.19. The van der Waals surface area contributed by atoms with Crippen LogP contribution in [0.25, 0.3) is 0 Å². The maximum atomic E-state index is 10.6. The minimum atomic E-state index is -0.227. The predicted molar refractivity (Wildman–Crippen MR) is 47.5 cm³/mol. The molecule has 0 aromatic carbocycles. The van der Waals surface area contributed by atoms with E-state index in [0.29, 0.717) is 0 Å². The van der Waals surface area contributed by atoms with Gasteiger partial charge in [0.15, 0.2) is 0 Å². The van der Waals surface area contributed by atoms with Gasteiger partial charge in [-0.15, -0.1) is 0 Å². The lowest BCUT2D eigenvalue weighted by Gasteiger charge is -2.07. The first-order valence-corrected chi connectivity index (χ1v) is 4.33. The molecule has 1 rings (SSSR count). The third-order valence-corrected chi connectivity index (χ3v) is 1.74. The largest absolute Gasteiger partial charge is 0.431 e. The molecule has 0 heterocycles. The lowest BCUT2D eigenvalue weighted by atomic mass is 10.1. The van der Waals surface area contributed by atoms with E-state index < -0.39 is 0 Å². The first kappa shape index (κ1) is 9.04. The highest BCUT2D eigenvalue weighted by molar-refractivity contribution is 5.67. The van der Waals surface area contributed by atoms with E-state index in [0.717, 1.165) is 25.0 Å². The normalized spacial score (nSPS) is 17.6. The summed E-state index contributed by atoms with van der Waals surface area (Å²) in [6.07, 6.45) is 10.2. The van der Waals surface area contributed by atoms with Gasteiger partial charge >= 0.3 is 5.97 Å². The molecule has 0 aliphatic heterocycles. The molecule has 0 saturated heterocycles. The van der Waals surface area contributed by atoms with Crippen LogP contribution in [0.1, 0.15) is 32.6 Å². The quantitative estimate of drug-likeness (QED) is 0.559. The Balaban J connectivity index is 2.52. The molecular formula is C10H14O2. The van der Waals surface area contributed by atoms with Gasteiger partial charge in [-0.3, -0.25) is 4.79 Å². The maximum Gasteiger partial charge on any atom is 0.307 e. The summed E-state index contributed by atoms with van der Waals surface area (Å²) in [5.41, 5.74) is 0. The summed E-state index contributed by atoms with van der Waals surface area (Å²) >= 11 is 0. The molecule has 0 aromatic heterocycles. The monoisotopic (exact) mass is 166 g/mol. The Morgan fingerprint density at radius 2 is 2.33 bits per heavy atom. The van der Waals surface area contributed by atoms with Crippen molar-refractivity contribution < 1.29 is 9.53 Å². The lowest BCUT2D eigenvalue weighted by Crippen LogP contribution is -1.99. The summed E-state index contributed by atoms with van der Waals surface area (Å²) < 4.78 is 5.00. The predicted octanol–water partition coefficient (Wildman–Crippen LogP) is 2.56. The first-order valence-electron chi connectivity index (χ1n) is 4.33. The Hall–Kier alpha value is -1.05. The number of carbonyl (C=O) groups is 1. The highest BCUT2D eigenvalue weighted by Crippen LogP contribution is 2.13. The lowest BCUT2D eigenvalue weighted by molar-refractivity contribution is -0.137. The SMILES string of the molecule is CC(=O)OC1=CC=CCCCC1. The van der Waals surface area contributed by atoms with Gasteiger partial charge < -0.3 is 4.74 Å². The van der Waals surface area contributed by atoms with Crippen molar-refractivity contribution in [3.05, 3.63) is 24.0 Å². The molecule has 2 nitrogen and oxygen atoms in total. The summed E-state index contributed by atoms with van der Waals surface area (Å²) in [6, 6.07) is 0. The summed E-state index contributed by atoms with van der Waals surface area (Å²) in [5, 5.41) is 0. The number of hydrogen-bond donors (Lipinski definition) is 0. The van der Waals surface area contributed by atoms with Crippen LogP contribution in [0.3, 0.4) is 0 Å². The van der Waals surface area contributed by atoms with Crippen LogP contribution in [0.2, 0.25) is 0 Å². The number of hydrogen-bond acceptors (Lipinski definition) is 2. The summed E-state index contributed by atoms with van der Waals surface area (Å²) in [5.74, 6) is 0.564. The molecule has 66 valence electrons. The minimum absolute atomic E-state index is 0.227. The van der Waals surface area contributed by atoms with Gasteiger partial charge in [0.2, 0.25) is 0 Å². The van der Waals surface area contributed by atoms with Crippen LogP contribution in [0.15, 0.2) is 24.0 Å². The number of esters is 1. The van der Waals surface area contributed by atoms with Crippen molar-refractivity contribution in [2.75, 3.05) is 0 Å². The number of ether oxygens (including phenoxy) is 1. The van der Waals surface area contributed by atoms with Crippen LogP contribution in [0, 0.1) is 0 Å². The molecule has 0 spiro atoms. The second-order valence-electron chi connectivity index (χ2n) is 2.90. The van der Waals surface area contributed by atoms with Gasteiger partial charge in [0.05, 0.1) is 0 Å². The summed E-state index contributed by atoms with van der Waals surface area (Å²) in [7, 11) is 0. The van der Waals surface area contributed by atoms with Gasteiger partial charge in [-0.25, -0.2) is 0 Å². The molecule has 0 bridgehead atoms. The van der Waals surface area contributed by atoms with Crippen LogP contribution in [0.5, 0.6) is 0 Å². The van der Waals surface area contributed by atoms with Crippen molar-refractivity contribution in [3.8, 4) is 0 Å². The summed E-state index contributed by atoms with van der Waals surface area (Å²) in [4.78, 5) is 10.6. The average Bonchev–Trinajstić information content (AvgIpc) is 1.93. The second kappa shape index (κ2) is 4.75. The van der Waals surface area contributed by atoms with Crippen LogP contribution >= 0.6 is 0 Å². The Kier molecular flexibility index (Phi) is 3.58. The highest BCUT2D eigenvalue weighted by atomic mass is 16.5. The van der Waals surface area contributed by atoms with E-state index in [1.165, 1.54) is 13.3 Å². The smallest absolute Gasteiger partial charge is 0.307 e. The van der Waals surface area contributed by atoms with Crippen LogP contribution < -0.4 is 0 Å². The van der Waals surface area contributed by atoms with E-state index in [9.17, 15) is 4.79 Å². The average molecular weight is 166 g/mol. The molecular weight excluding hydrogens is 152 g/mol. The Labute approximate surface area is 72.9 Å². The molecule has 0 amide bonds. The molecule has 1 aliphatic rings. The fraction of sp³-hybridized carbons (Fsp3) is 0.500. The molecule has 0 radical (unpaired) electrons. The van der Waals surface area contributed by atoms with Gasteiger partial charge in [-0.2, -0.15) is 0 Å². The zero-order chi connectivity index (χ0) is 8.81. The molecule has 2 heteroatoms. The number of allylic oxidation sites excluding steroid dienone is 4. The molecule has 12 heavy (non-hydrogen) atoms. The van der Waals surface area contributed by atoms with E-state index >= 15 is 0 Å². The highest BCUT2D eigenvalue weighted by Gasteiger charge is 2.02. The third kappa shape index (κ3) is 3.37. The molecule has 0 aromatic rings. The van der Waals surface area contributed by atoms with Gasteiger partial charge in [-0.1, -0.05) is 12.2 Å². The van der Waals surface area contributed by atoms with E-state index in [1.807, 2.05) is 12.2 Å². The van der Waals surface area contributed by atoms with Crippen LogP contribution in [-0.2, 0) is 9.53 Å². The number of rotatable bonds is 1. The van der Waals surface area contributed by atoms with Crippen molar-refractivity contribution in [2.24, 2.45) is 0 Å². The van der Waals surface area contributed by atoms with E-state index in [-0.39, 0.29) is 5.97 Å². The number of carbonyl (C=O) groups excluding carboxylic acids is 1.